The van der Waals surface area contributed by atoms with E-state index in [9.17, 15) is 18.0 Å². The first kappa shape index (κ1) is 33.4. The number of ether oxygens (including phenoxy) is 2. The summed E-state index contributed by atoms with van der Waals surface area (Å²) in [5.74, 6) is 0.285. The molecule has 0 spiro atoms. The number of hydrogen-bond acceptors (Lipinski definition) is 9. The maximum Gasteiger partial charge on any atom is 0.320 e. The van der Waals surface area contributed by atoms with Crippen molar-refractivity contribution in [3.05, 3.63) is 29.5 Å². The molecule has 2 aromatic rings. The number of piperidine rings is 2. The Morgan fingerprint density at radius 2 is 1.37 bits per heavy atom. The van der Waals surface area contributed by atoms with Gasteiger partial charge in [0.05, 0.1) is 30.6 Å². The molecule has 0 saturated carbocycles. The van der Waals surface area contributed by atoms with Crippen molar-refractivity contribution in [1.29, 1.82) is 0 Å². The smallest absolute Gasteiger partial charge is 0.320 e. The number of benzene rings is 1. The lowest BCUT2D eigenvalue weighted by Crippen LogP contribution is -2.39. The average molecular weight is 619 g/mol. The van der Waals surface area contributed by atoms with Crippen LogP contribution in [-0.2, 0) is 35.5 Å². The molecular weight excluding hydrogens is 568 g/mol. The third kappa shape index (κ3) is 9.74. The van der Waals surface area contributed by atoms with E-state index in [4.69, 9.17) is 9.47 Å². The van der Waals surface area contributed by atoms with Crippen LogP contribution in [0.4, 0.5) is 0 Å². The number of aryl methyl sites for hydroxylation is 1. The van der Waals surface area contributed by atoms with Crippen molar-refractivity contribution in [2.75, 3.05) is 45.5 Å². The number of carbonyl (C=O) groups excluding carboxylic acids is 2. The van der Waals surface area contributed by atoms with Gasteiger partial charge in [-0.2, -0.15) is 9.19 Å². The van der Waals surface area contributed by atoms with Crippen molar-refractivity contribution < 1.29 is 27.5 Å². The predicted octanol–water partition coefficient (Wildman–Crippen LogP) is 4.35. The minimum atomic E-state index is -3.58. The Labute approximate surface area is 257 Å². The zero-order valence-corrected chi connectivity index (χ0v) is 27.8. The van der Waals surface area contributed by atoms with E-state index in [0.29, 0.717) is 18.0 Å². The Bertz CT molecular complexity index is 1390. The summed E-state index contributed by atoms with van der Waals surface area (Å²) in [6.07, 6.45) is 6.73. The van der Waals surface area contributed by atoms with Gasteiger partial charge in [0, 0.05) is 11.3 Å². The molecule has 0 atom stereocenters. The Hall–Kier alpha value is -2.50. The van der Waals surface area contributed by atoms with Crippen molar-refractivity contribution in [2.45, 2.75) is 97.2 Å². The van der Waals surface area contributed by atoms with Crippen LogP contribution in [-0.4, -0.2) is 96.1 Å². The Morgan fingerprint density at radius 1 is 0.860 bits per heavy atom. The second-order valence-electron chi connectivity index (χ2n) is 14.3. The van der Waals surface area contributed by atoms with Gasteiger partial charge in [-0.15, -0.1) is 0 Å². The van der Waals surface area contributed by atoms with Crippen LogP contribution < -0.4 is 0 Å². The monoisotopic (exact) mass is 618 g/mol. The molecular formula is C32H50N4O6S. The Balaban J connectivity index is 1.36. The van der Waals surface area contributed by atoms with Crippen molar-refractivity contribution in [3.8, 4) is 0 Å². The van der Waals surface area contributed by atoms with Crippen LogP contribution in [0.25, 0.3) is 10.9 Å². The summed E-state index contributed by atoms with van der Waals surface area (Å²) >= 11 is 0. The summed E-state index contributed by atoms with van der Waals surface area (Å²) in [5, 5.41) is 5.52. The Kier molecular flexibility index (Phi) is 10.3. The lowest BCUT2D eigenvalue weighted by molar-refractivity contribution is -0.157. The maximum atomic E-state index is 12.7. The summed E-state index contributed by atoms with van der Waals surface area (Å²) in [5.41, 5.74) is 1.59. The topological polar surface area (TPSA) is 111 Å². The third-order valence-corrected chi connectivity index (χ3v) is 9.03. The van der Waals surface area contributed by atoms with E-state index < -0.39 is 21.2 Å². The molecule has 0 unspecified atom stereocenters. The summed E-state index contributed by atoms with van der Waals surface area (Å²) in [4.78, 5) is 28.7. The van der Waals surface area contributed by atoms with E-state index in [1.807, 2.05) is 53.7 Å². The molecule has 2 aliphatic rings. The van der Waals surface area contributed by atoms with Gasteiger partial charge in [-0.25, -0.2) is 8.42 Å². The molecule has 2 saturated heterocycles. The minimum absolute atomic E-state index is 0.122. The number of nitrogens with zero attached hydrogens (tertiary/aromatic N) is 4. The number of esters is 2. The van der Waals surface area contributed by atoms with Crippen LogP contribution in [0.2, 0.25) is 0 Å². The van der Waals surface area contributed by atoms with Crippen LogP contribution >= 0.6 is 0 Å². The number of aromatic nitrogens is 2. The quantitative estimate of drug-likeness (QED) is 0.379. The van der Waals surface area contributed by atoms with Crippen LogP contribution in [0, 0.1) is 5.92 Å². The molecule has 0 N–H and O–H groups in total. The van der Waals surface area contributed by atoms with Gasteiger partial charge >= 0.3 is 11.9 Å². The first-order chi connectivity index (χ1) is 20.0. The van der Waals surface area contributed by atoms with Crippen molar-refractivity contribution in [2.24, 2.45) is 5.92 Å². The van der Waals surface area contributed by atoms with Gasteiger partial charge in [-0.05, 0) is 124 Å². The maximum absolute atomic E-state index is 12.7. The molecule has 0 aliphatic carbocycles. The van der Waals surface area contributed by atoms with Gasteiger partial charge in [0.2, 0.25) is 0 Å². The zero-order valence-electron chi connectivity index (χ0n) is 27.0. The van der Waals surface area contributed by atoms with Crippen molar-refractivity contribution >= 4 is 32.9 Å². The molecule has 11 heteroatoms. The number of carbonyl (C=O) groups is 2. The third-order valence-electron chi connectivity index (χ3n) is 8.13. The van der Waals surface area contributed by atoms with Crippen LogP contribution in [0.5, 0.6) is 0 Å². The van der Waals surface area contributed by atoms with Crippen molar-refractivity contribution in [1.82, 2.24) is 19.0 Å². The highest BCUT2D eigenvalue weighted by molar-refractivity contribution is 7.89. The average Bonchev–Trinajstić information content (AvgIpc) is 3.26. The summed E-state index contributed by atoms with van der Waals surface area (Å²) in [7, 11) is -3.58. The highest BCUT2D eigenvalue weighted by Crippen LogP contribution is 2.34. The fraction of sp³-hybridized carbons (Fsp3) is 0.719. The number of hydrogen-bond donors (Lipinski definition) is 0. The molecule has 3 heterocycles. The van der Waals surface area contributed by atoms with E-state index in [2.05, 4.69) is 21.0 Å². The second-order valence-corrected chi connectivity index (χ2v) is 16.1. The number of rotatable bonds is 9. The van der Waals surface area contributed by atoms with Gasteiger partial charge in [-0.1, -0.05) is 12.1 Å². The van der Waals surface area contributed by atoms with Gasteiger partial charge in [0.15, 0.2) is 0 Å². The summed E-state index contributed by atoms with van der Waals surface area (Å²) in [6, 6.07) is 6.13. The summed E-state index contributed by atoms with van der Waals surface area (Å²) in [6.45, 7) is 15.1. The van der Waals surface area contributed by atoms with E-state index in [1.54, 1.807) is 0 Å². The molecule has 10 nitrogen and oxygen atoms in total. The van der Waals surface area contributed by atoms with Gasteiger partial charge in [-0.3, -0.25) is 19.4 Å². The number of likely N-dealkylation sites (tertiary alicyclic amines) is 2. The Morgan fingerprint density at radius 3 is 1.86 bits per heavy atom. The van der Waals surface area contributed by atoms with E-state index in [-0.39, 0.29) is 24.4 Å². The molecule has 2 aliphatic heterocycles. The molecule has 2 fully saturated rings. The van der Waals surface area contributed by atoms with Crippen LogP contribution in [0.15, 0.2) is 18.2 Å². The molecule has 0 radical (unpaired) electrons. The first-order valence-corrected chi connectivity index (χ1v) is 17.4. The molecule has 1 aromatic carbocycles. The number of fused-ring (bicyclic) bond motifs is 1. The lowest BCUT2D eigenvalue weighted by atomic mass is 9.89. The zero-order chi connectivity index (χ0) is 31.6. The lowest BCUT2D eigenvalue weighted by Gasteiger charge is -2.32. The van der Waals surface area contributed by atoms with Gasteiger partial charge < -0.3 is 9.47 Å². The molecule has 0 amide bonds. The molecule has 1 aromatic heterocycles. The normalized spacial score (nSPS) is 18.7. The largest absolute Gasteiger partial charge is 0.459 e. The molecule has 43 heavy (non-hydrogen) atoms. The van der Waals surface area contributed by atoms with E-state index >= 15 is 0 Å². The van der Waals surface area contributed by atoms with Gasteiger partial charge in [0.1, 0.15) is 11.2 Å². The minimum Gasteiger partial charge on any atom is -0.459 e. The van der Waals surface area contributed by atoms with E-state index in [0.717, 1.165) is 81.3 Å². The molecule has 240 valence electrons. The highest BCUT2D eigenvalue weighted by Gasteiger charge is 2.29. The van der Waals surface area contributed by atoms with Crippen LogP contribution in [0.1, 0.15) is 90.8 Å². The standard InChI is InChI=1S/C32H50N4O6S/c1-31(2,3)41-28(37)21-34-16-12-23(13-17-34)8-9-24-10-11-26-27(20-24)36(43(7,39)40)33-30(26)25-14-18-35(19-15-25)22-29(38)42-32(4,5)6/h10-11,20,23,25H,8-9,12-19,21-22H2,1-7H3. The van der Waals surface area contributed by atoms with E-state index in [1.165, 1.54) is 10.3 Å². The fourth-order valence-corrected chi connectivity index (χ4v) is 6.89. The molecule has 0 bridgehead atoms. The molecule has 4 rings (SSSR count). The predicted molar refractivity (Wildman–Crippen MR) is 168 cm³/mol. The fourth-order valence-electron chi connectivity index (χ4n) is 6.15. The SMILES string of the molecule is CC(C)(C)OC(=O)CN1CCC(CCc2ccc3c(C4CCN(CC(=O)OC(C)(C)C)CC4)nn(S(C)(=O)=O)c3c2)CC1. The van der Waals surface area contributed by atoms with Crippen molar-refractivity contribution in [3.63, 3.8) is 0 Å². The highest BCUT2D eigenvalue weighted by atomic mass is 32.2. The first-order valence-electron chi connectivity index (χ1n) is 15.6. The van der Waals surface area contributed by atoms with Gasteiger partial charge in [0.25, 0.3) is 10.0 Å². The second kappa shape index (κ2) is 13.2. The summed E-state index contributed by atoms with van der Waals surface area (Å²) < 4.78 is 37.6. The van der Waals surface area contributed by atoms with Crippen LogP contribution in [0.3, 0.4) is 0 Å².